The van der Waals surface area contributed by atoms with E-state index >= 15 is 0 Å². The SMILES string of the molecule is COc1ccc(NC(=O)COc2ccc(Br)cc2/C=C(\C#N)C(=O)Nc2ccc(O)cc2)cc1. The van der Waals surface area contributed by atoms with Crippen molar-refractivity contribution in [3.63, 3.8) is 0 Å². The van der Waals surface area contributed by atoms with Crippen molar-refractivity contribution in [3.8, 4) is 23.3 Å². The number of methoxy groups -OCH3 is 1. The van der Waals surface area contributed by atoms with Gasteiger partial charge < -0.3 is 25.2 Å². The van der Waals surface area contributed by atoms with Crippen molar-refractivity contribution in [2.24, 2.45) is 0 Å². The number of phenols is 1. The van der Waals surface area contributed by atoms with Gasteiger partial charge in [-0.05, 0) is 72.8 Å². The maximum atomic E-state index is 12.6. The fraction of sp³-hybridized carbons (Fsp3) is 0.0800. The molecule has 0 saturated carbocycles. The molecule has 0 bridgehead atoms. The van der Waals surface area contributed by atoms with E-state index in [1.54, 1.807) is 49.6 Å². The van der Waals surface area contributed by atoms with Crippen LogP contribution in [-0.4, -0.2) is 30.6 Å². The minimum Gasteiger partial charge on any atom is -0.508 e. The van der Waals surface area contributed by atoms with Gasteiger partial charge in [0.1, 0.15) is 28.9 Å². The Morgan fingerprint density at radius 2 is 1.68 bits per heavy atom. The van der Waals surface area contributed by atoms with Crippen LogP contribution < -0.4 is 20.1 Å². The largest absolute Gasteiger partial charge is 0.508 e. The minimum absolute atomic E-state index is 0.0565. The number of nitrogens with one attached hydrogen (secondary N) is 2. The first-order valence-electron chi connectivity index (χ1n) is 9.96. The van der Waals surface area contributed by atoms with E-state index in [9.17, 15) is 20.0 Å². The molecule has 3 N–H and O–H groups in total. The van der Waals surface area contributed by atoms with Crippen LogP contribution in [0.4, 0.5) is 11.4 Å². The summed E-state index contributed by atoms with van der Waals surface area (Å²) in [5.41, 5.74) is 1.27. The molecule has 0 aliphatic heterocycles. The van der Waals surface area contributed by atoms with Gasteiger partial charge in [0.15, 0.2) is 6.61 Å². The number of amides is 2. The van der Waals surface area contributed by atoms with E-state index in [2.05, 4.69) is 26.6 Å². The normalized spacial score (nSPS) is 10.7. The van der Waals surface area contributed by atoms with Crippen LogP contribution in [0.3, 0.4) is 0 Å². The second kappa shape index (κ2) is 11.5. The van der Waals surface area contributed by atoms with Crippen LogP contribution >= 0.6 is 15.9 Å². The van der Waals surface area contributed by atoms with Gasteiger partial charge >= 0.3 is 0 Å². The van der Waals surface area contributed by atoms with Crippen molar-refractivity contribution in [3.05, 3.63) is 82.3 Å². The van der Waals surface area contributed by atoms with Gasteiger partial charge in [-0.15, -0.1) is 0 Å². The second-order valence-electron chi connectivity index (χ2n) is 6.92. The molecule has 34 heavy (non-hydrogen) atoms. The summed E-state index contributed by atoms with van der Waals surface area (Å²) in [6.07, 6.45) is 1.37. The molecule has 0 aliphatic rings. The number of nitriles is 1. The Morgan fingerprint density at radius 3 is 2.32 bits per heavy atom. The molecule has 0 spiro atoms. The van der Waals surface area contributed by atoms with E-state index < -0.39 is 5.91 Å². The molecular formula is C25H20BrN3O5. The summed E-state index contributed by atoms with van der Waals surface area (Å²) < 4.78 is 11.4. The summed E-state index contributed by atoms with van der Waals surface area (Å²) >= 11 is 3.36. The first-order valence-corrected chi connectivity index (χ1v) is 10.8. The zero-order valence-electron chi connectivity index (χ0n) is 18.0. The second-order valence-corrected chi connectivity index (χ2v) is 7.83. The Morgan fingerprint density at radius 1 is 1.03 bits per heavy atom. The van der Waals surface area contributed by atoms with E-state index in [1.165, 1.54) is 30.3 Å². The molecule has 0 radical (unpaired) electrons. The fourth-order valence-electron chi connectivity index (χ4n) is 2.83. The molecule has 3 rings (SSSR count). The third-order valence-electron chi connectivity index (χ3n) is 4.49. The first kappa shape index (κ1) is 24.4. The number of aromatic hydroxyl groups is 1. The van der Waals surface area contributed by atoms with Crippen molar-refractivity contribution < 1.29 is 24.2 Å². The van der Waals surface area contributed by atoms with Gasteiger partial charge in [0.2, 0.25) is 0 Å². The smallest absolute Gasteiger partial charge is 0.266 e. The highest BCUT2D eigenvalue weighted by molar-refractivity contribution is 9.10. The standard InChI is InChI=1S/C25H20BrN3O5/c1-33-22-9-5-19(6-10-22)28-24(31)15-34-23-11-2-18(26)13-16(23)12-17(14-27)25(32)29-20-3-7-21(30)8-4-20/h2-13,30H,15H2,1H3,(H,28,31)(H,29,32)/b17-12+. The molecule has 172 valence electrons. The molecule has 0 saturated heterocycles. The Kier molecular flexibility index (Phi) is 8.26. The van der Waals surface area contributed by atoms with E-state index in [1.807, 2.05) is 6.07 Å². The van der Waals surface area contributed by atoms with Crippen LogP contribution in [0.5, 0.6) is 17.2 Å². The monoisotopic (exact) mass is 521 g/mol. The third kappa shape index (κ3) is 6.85. The van der Waals surface area contributed by atoms with Crippen molar-refractivity contribution >= 4 is 45.2 Å². The van der Waals surface area contributed by atoms with Gasteiger partial charge in [0, 0.05) is 21.4 Å². The van der Waals surface area contributed by atoms with E-state index in [4.69, 9.17) is 9.47 Å². The molecule has 2 amide bonds. The lowest BCUT2D eigenvalue weighted by Gasteiger charge is -2.11. The number of rotatable bonds is 8. The lowest BCUT2D eigenvalue weighted by Crippen LogP contribution is -2.20. The number of hydrogen-bond acceptors (Lipinski definition) is 6. The molecule has 0 atom stereocenters. The third-order valence-corrected chi connectivity index (χ3v) is 4.99. The number of ether oxygens (including phenoxy) is 2. The number of nitrogens with zero attached hydrogens (tertiary/aromatic N) is 1. The van der Waals surface area contributed by atoms with Crippen molar-refractivity contribution in [1.82, 2.24) is 0 Å². The number of carbonyl (C=O) groups is 2. The summed E-state index contributed by atoms with van der Waals surface area (Å²) in [6, 6.07) is 19.6. The average molecular weight is 522 g/mol. The lowest BCUT2D eigenvalue weighted by molar-refractivity contribution is -0.118. The number of hydrogen-bond donors (Lipinski definition) is 3. The zero-order valence-corrected chi connectivity index (χ0v) is 19.6. The topological polar surface area (TPSA) is 121 Å². The molecule has 0 aromatic heterocycles. The van der Waals surface area contributed by atoms with Crippen molar-refractivity contribution in [2.75, 3.05) is 24.4 Å². The number of anilines is 2. The summed E-state index contributed by atoms with van der Waals surface area (Å²) in [5, 5.41) is 24.2. The highest BCUT2D eigenvalue weighted by atomic mass is 79.9. The van der Waals surface area contributed by atoms with Gasteiger partial charge in [-0.2, -0.15) is 5.26 Å². The molecule has 9 heteroatoms. The Labute approximate surface area is 204 Å². The maximum absolute atomic E-state index is 12.6. The summed E-state index contributed by atoms with van der Waals surface area (Å²) in [7, 11) is 1.56. The number of halogens is 1. The Hall–Kier alpha value is -4.29. The van der Waals surface area contributed by atoms with Crippen molar-refractivity contribution in [1.29, 1.82) is 5.26 Å². The van der Waals surface area contributed by atoms with Crippen LogP contribution in [0.25, 0.3) is 6.08 Å². The van der Waals surface area contributed by atoms with Gasteiger partial charge in [-0.3, -0.25) is 9.59 Å². The van der Waals surface area contributed by atoms with Crippen LogP contribution in [0.15, 0.2) is 76.8 Å². The van der Waals surface area contributed by atoms with Gasteiger partial charge in [-0.1, -0.05) is 15.9 Å². The van der Waals surface area contributed by atoms with E-state index in [-0.39, 0.29) is 23.8 Å². The molecule has 0 fully saturated rings. The van der Waals surface area contributed by atoms with Crippen LogP contribution in [0, 0.1) is 11.3 Å². The predicted octanol–water partition coefficient (Wildman–Crippen LogP) is 4.73. The highest BCUT2D eigenvalue weighted by Gasteiger charge is 2.13. The molecule has 0 heterocycles. The average Bonchev–Trinajstić information content (AvgIpc) is 2.83. The predicted molar refractivity (Wildman–Crippen MR) is 132 cm³/mol. The quantitative estimate of drug-likeness (QED) is 0.224. The van der Waals surface area contributed by atoms with Crippen LogP contribution in [0.1, 0.15) is 5.56 Å². The molecule has 3 aromatic carbocycles. The van der Waals surface area contributed by atoms with E-state index in [0.717, 1.165) is 0 Å². The summed E-state index contributed by atoms with van der Waals surface area (Å²) in [4.78, 5) is 24.9. The number of phenolic OH excluding ortho intramolecular Hbond substituents is 1. The van der Waals surface area contributed by atoms with E-state index in [0.29, 0.717) is 32.9 Å². The Balaban J connectivity index is 1.71. The molecule has 0 aliphatic carbocycles. The fourth-order valence-corrected chi connectivity index (χ4v) is 3.20. The molecule has 8 nitrogen and oxygen atoms in total. The van der Waals surface area contributed by atoms with Crippen LogP contribution in [0.2, 0.25) is 0 Å². The number of carbonyl (C=O) groups excluding carboxylic acids is 2. The van der Waals surface area contributed by atoms with Gasteiger partial charge in [0.25, 0.3) is 11.8 Å². The number of benzene rings is 3. The summed E-state index contributed by atoms with van der Waals surface area (Å²) in [5.74, 6) is 0.0347. The van der Waals surface area contributed by atoms with Crippen LogP contribution in [-0.2, 0) is 9.59 Å². The first-order chi connectivity index (χ1) is 16.4. The maximum Gasteiger partial charge on any atom is 0.266 e. The van der Waals surface area contributed by atoms with Gasteiger partial charge in [0.05, 0.1) is 7.11 Å². The molecule has 3 aromatic rings. The minimum atomic E-state index is -0.628. The zero-order chi connectivity index (χ0) is 24.5. The summed E-state index contributed by atoms with van der Waals surface area (Å²) in [6.45, 7) is -0.282. The lowest BCUT2D eigenvalue weighted by atomic mass is 10.1. The van der Waals surface area contributed by atoms with Gasteiger partial charge in [-0.25, -0.2) is 0 Å². The van der Waals surface area contributed by atoms with Crippen molar-refractivity contribution in [2.45, 2.75) is 0 Å². The Bertz CT molecular complexity index is 1250. The molecular weight excluding hydrogens is 502 g/mol. The highest BCUT2D eigenvalue weighted by Crippen LogP contribution is 2.26. The molecule has 0 unspecified atom stereocenters.